The van der Waals surface area contributed by atoms with Gasteiger partial charge in [0.2, 0.25) is 5.95 Å². The molecule has 0 unspecified atom stereocenters. The van der Waals surface area contributed by atoms with E-state index >= 15 is 0 Å². The van der Waals surface area contributed by atoms with E-state index < -0.39 is 0 Å². The van der Waals surface area contributed by atoms with Crippen molar-refractivity contribution in [3.63, 3.8) is 0 Å². The fraction of sp³-hybridized carbons (Fsp3) is 0.476. The number of benzene rings is 1. The standard InChI is InChI=1S/C21H30N4O/c1-5-6-10-13-22-20(26)19-14-17(4)23-21(24-19)25(16(2)3)15-18-11-8-7-9-12-18/h7-9,11-12,14,16H,5-6,10,13,15H2,1-4H3,(H,22,26). The predicted molar refractivity (Wildman–Crippen MR) is 106 cm³/mol. The molecule has 1 amide bonds. The monoisotopic (exact) mass is 354 g/mol. The summed E-state index contributed by atoms with van der Waals surface area (Å²) in [6, 6.07) is 12.2. The quantitative estimate of drug-likeness (QED) is 0.688. The van der Waals surface area contributed by atoms with Crippen LogP contribution in [-0.2, 0) is 6.54 Å². The van der Waals surface area contributed by atoms with Crippen molar-refractivity contribution in [3.8, 4) is 0 Å². The zero-order valence-corrected chi connectivity index (χ0v) is 16.3. The van der Waals surface area contributed by atoms with Gasteiger partial charge in [-0.05, 0) is 38.8 Å². The Bertz CT molecular complexity index is 700. The van der Waals surface area contributed by atoms with Gasteiger partial charge in [-0.25, -0.2) is 9.97 Å². The summed E-state index contributed by atoms with van der Waals surface area (Å²) in [5.74, 6) is 0.471. The number of anilines is 1. The molecule has 0 spiro atoms. The minimum absolute atomic E-state index is 0.128. The number of amides is 1. The van der Waals surface area contributed by atoms with E-state index in [1.165, 1.54) is 5.56 Å². The second kappa shape index (κ2) is 9.90. The maximum atomic E-state index is 12.4. The van der Waals surface area contributed by atoms with E-state index in [0.29, 0.717) is 24.7 Å². The molecule has 0 aliphatic carbocycles. The van der Waals surface area contributed by atoms with Crippen LogP contribution in [0.2, 0.25) is 0 Å². The summed E-state index contributed by atoms with van der Waals surface area (Å²) in [5, 5.41) is 2.96. The Morgan fingerprint density at radius 1 is 1.15 bits per heavy atom. The lowest BCUT2D eigenvalue weighted by atomic mass is 10.2. The number of aryl methyl sites for hydroxylation is 1. The van der Waals surface area contributed by atoms with Gasteiger partial charge in [-0.1, -0.05) is 50.1 Å². The number of carbonyl (C=O) groups excluding carboxylic acids is 1. The van der Waals surface area contributed by atoms with Gasteiger partial charge in [0, 0.05) is 24.8 Å². The summed E-state index contributed by atoms with van der Waals surface area (Å²) in [7, 11) is 0. The number of rotatable bonds is 9. The van der Waals surface area contributed by atoms with Crippen LogP contribution in [0.25, 0.3) is 0 Å². The van der Waals surface area contributed by atoms with E-state index in [9.17, 15) is 4.79 Å². The van der Waals surface area contributed by atoms with Crippen molar-refractivity contribution in [1.29, 1.82) is 0 Å². The number of hydrogen-bond donors (Lipinski definition) is 1. The van der Waals surface area contributed by atoms with E-state index in [1.807, 2.05) is 25.1 Å². The Hall–Kier alpha value is -2.43. The SMILES string of the molecule is CCCCCNC(=O)c1cc(C)nc(N(Cc2ccccc2)C(C)C)n1. The maximum absolute atomic E-state index is 12.4. The van der Waals surface area contributed by atoms with E-state index in [2.05, 4.69) is 53.1 Å². The van der Waals surface area contributed by atoms with E-state index in [0.717, 1.165) is 25.0 Å². The Morgan fingerprint density at radius 3 is 2.54 bits per heavy atom. The average Bonchev–Trinajstić information content (AvgIpc) is 2.63. The summed E-state index contributed by atoms with van der Waals surface area (Å²) in [6.45, 7) is 9.66. The van der Waals surface area contributed by atoms with Crippen molar-refractivity contribution in [2.24, 2.45) is 0 Å². The lowest BCUT2D eigenvalue weighted by Crippen LogP contribution is -2.33. The highest BCUT2D eigenvalue weighted by Crippen LogP contribution is 2.17. The Balaban J connectivity index is 2.18. The van der Waals surface area contributed by atoms with Crippen LogP contribution >= 0.6 is 0 Å². The molecule has 0 aliphatic heterocycles. The number of unbranched alkanes of at least 4 members (excludes halogenated alkanes) is 2. The molecule has 1 N–H and O–H groups in total. The molecule has 2 rings (SSSR count). The number of nitrogens with one attached hydrogen (secondary N) is 1. The number of nitrogens with zero attached hydrogens (tertiary/aromatic N) is 3. The van der Waals surface area contributed by atoms with Gasteiger partial charge in [-0.3, -0.25) is 4.79 Å². The highest BCUT2D eigenvalue weighted by atomic mass is 16.1. The molecule has 0 atom stereocenters. The molecule has 0 saturated heterocycles. The minimum Gasteiger partial charge on any atom is -0.351 e. The van der Waals surface area contributed by atoms with Crippen molar-refractivity contribution in [2.45, 2.75) is 59.5 Å². The Morgan fingerprint density at radius 2 is 1.88 bits per heavy atom. The molecule has 5 heteroatoms. The topological polar surface area (TPSA) is 58.1 Å². The fourth-order valence-corrected chi connectivity index (χ4v) is 2.73. The number of hydrogen-bond acceptors (Lipinski definition) is 4. The van der Waals surface area contributed by atoms with Crippen LogP contribution in [0.4, 0.5) is 5.95 Å². The smallest absolute Gasteiger partial charge is 0.270 e. The van der Waals surface area contributed by atoms with Crippen LogP contribution in [0.1, 0.15) is 61.8 Å². The van der Waals surface area contributed by atoms with Crippen LogP contribution in [0, 0.1) is 6.92 Å². The Kier molecular flexibility index (Phi) is 7.57. The van der Waals surface area contributed by atoms with Crippen molar-refractivity contribution in [3.05, 3.63) is 53.3 Å². The van der Waals surface area contributed by atoms with Crippen molar-refractivity contribution >= 4 is 11.9 Å². The molecule has 140 valence electrons. The molecule has 1 aromatic carbocycles. The molecular formula is C21H30N4O. The lowest BCUT2D eigenvalue weighted by molar-refractivity contribution is 0.0947. The third kappa shape index (κ3) is 5.83. The van der Waals surface area contributed by atoms with Crippen molar-refractivity contribution in [2.75, 3.05) is 11.4 Å². The largest absolute Gasteiger partial charge is 0.351 e. The molecule has 2 aromatic rings. The molecule has 1 heterocycles. The van der Waals surface area contributed by atoms with Crippen molar-refractivity contribution in [1.82, 2.24) is 15.3 Å². The van der Waals surface area contributed by atoms with Crippen LogP contribution in [0.5, 0.6) is 0 Å². The van der Waals surface area contributed by atoms with Gasteiger partial charge >= 0.3 is 0 Å². The highest BCUT2D eigenvalue weighted by molar-refractivity contribution is 5.92. The molecule has 0 saturated carbocycles. The molecule has 0 bridgehead atoms. The van der Waals surface area contributed by atoms with Gasteiger partial charge in [0.05, 0.1) is 0 Å². The summed E-state index contributed by atoms with van der Waals surface area (Å²) in [5.41, 5.74) is 2.42. The molecule has 5 nitrogen and oxygen atoms in total. The van der Waals surface area contributed by atoms with Crippen LogP contribution in [0.15, 0.2) is 36.4 Å². The van der Waals surface area contributed by atoms with Gasteiger partial charge in [-0.15, -0.1) is 0 Å². The molecule has 0 aliphatic rings. The number of carbonyl (C=O) groups is 1. The first kappa shape index (κ1) is 19.9. The second-order valence-electron chi connectivity index (χ2n) is 6.86. The summed E-state index contributed by atoms with van der Waals surface area (Å²) in [4.78, 5) is 23.7. The molecular weight excluding hydrogens is 324 g/mol. The van der Waals surface area contributed by atoms with Gasteiger partial charge in [0.1, 0.15) is 5.69 Å². The van der Waals surface area contributed by atoms with Crippen LogP contribution in [0.3, 0.4) is 0 Å². The summed E-state index contributed by atoms with van der Waals surface area (Å²) in [6.07, 6.45) is 3.24. The van der Waals surface area contributed by atoms with Gasteiger partial charge in [0.15, 0.2) is 0 Å². The summed E-state index contributed by atoms with van der Waals surface area (Å²) < 4.78 is 0. The summed E-state index contributed by atoms with van der Waals surface area (Å²) >= 11 is 0. The molecule has 0 radical (unpaired) electrons. The average molecular weight is 354 g/mol. The third-order valence-electron chi connectivity index (χ3n) is 4.22. The lowest BCUT2D eigenvalue weighted by Gasteiger charge is -2.27. The van der Waals surface area contributed by atoms with E-state index in [-0.39, 0.29) is 11.9 Å². The molecule has 0 fully saturated rings. The predicted octanol–water partition coefficient (Wildman–Crippen LogP) is 4.12. The molecule has 26 heavy (non-hydrogen) atoms. The van der Waals surface area contributed by atoms with Crippen LogP contribution < -0.4 is 10.2 Å². The zero-order chi connectivity index (χ0) is 18.9. The zero-order valence-electron chi connectivity index (χ0n) is 16.3. The van der Waals surface area contributed by atoms with Gasteiger partial charge in [0.25, 0.3) is 5.91 Å². The number of aromatic nitrogens is 2. The first-order chi connectivity index (χ1) is 12.5. The maximum Gasteiger partial charge on any atom is 0.270 e. The highest BCUT2D eigenvalue weighted by Gasteiger charge is 2.17. The second-order valence-corrected chi connectivity index (χ2v) is 6.86. The normalized spacial score (nSPS) is 10.8. The van der Waals surface area contributed by atoms with E-state index in [1.54, 1.807) is 6.07 Å². The first-order valence-corrected chi connectivity index (χ1v) is 9.45. The minimum atomic E-state index is -0.128. The fourth-order valence-electron chi connectivity index (χ4n) is 2.73. The van der Waals surface area contributed by atoms with Gasteiger partial charge in [-0.2, -0.15) is 0 Å². The van der Waals surface area contributed by atoms with E-state index in [4.69, 9.17) is 0 Å². The van der Waals surface area contributed by atoms with Gasteiger partial charge < -0.3 is 10.2 Å². The Labute approximate surface area is 156 Å². The molecule has 1 aromatic heterocycles. The van der Waals surface area contributed by atoms with Crippen molar-refractivity contribution < 1.29 is 4.79 Å². The first-order valence-electron chi connectivity index (χ1n) is 9.45. The third-order valence-corrected chi connectivity index (χ3v) is 4.22. The van der Waals surface area contributed by atoms with Crippen LogP contribution in [-0.4, -0.2) is 28.5 Å².